The summed E-state index contributed by atoms with van der Waals surface area (Å²) in [5.41, 5.74) is 1.15. The molecule has 2 rings (SSSR count). The third-order valence-corrected chi connectivity index (χ3v) is 4.11. The Morgan fingerprint density at radius 2 is 2.04 bits per heavy atom. The molecule has 0 aliphatic carbocycles. The molecule has 1 aromatic rings. The van der Waals surface area contributed by atoms with Gasteiger partial charge in [0.1, 0.15) is 0 Å². The lowest BCUT2D eigenvalue weighted by Crippen LogP contribution is -2.45. The van der Waals surface area contributed by atoms with Crippen LogP contribution in [0.15, 0.2) is 29.3 Å². The molecule has 1 fully saturated rings. The van der Waals surface area contributed by atoms with Gasteiger partial charge in [-0.1, -0.05) is 23.7 Å². The number of alkyl halides is 3. The molecule has 134 valence electrons. The maximum atomic E-state index is 12.4. The highest BCUT2D eigenvalue weighted by Gasteiger charge is 2.34. The standard InChI is InChI=1S/C16H22ClF3N4/c1-21-15(22-8-6-12-2-4-13(17)5-3-12)23-14-7-9-24(10-14)11-16(18,19)20/h2-5,14H,6-11H2,1H3,(H2,21,22,23). The Hall–Kier alpha value is -1.47. The van der Waals surface area contributed by atoms with Gasteiger partial charge in [0.25, 0.3) is 0 Å². The number of aliphatic imine (C=N–C) groups is 1. The normalized spacial score (nSPS) is 19.5. The van der Waals surface area contributed by atoms with E-state index in [0.29, 0.717) is 37.0 Å². The number of guanidine groups is 1. The summed E-state index contributed by atoms with van der Waals surface area (Å²) in [6.07, 6.45) is -2.66. The van der Waals surface area contributed by atoms with Gasteiger partial charge in [-0.05, 0) is 30.5 Å². The molecule has 1 unspecified atom stereocenters. The van der Waals surface area contributed by atoms with Crippen LogP contribution in [0.4, 0.5) is 13.2 Å². The zero-order chi connectivity index (χ0) is 17.6. The van der Waals surface area contributed by atoms with Crippen LogP contribution in [0, 0.1) is 0 Å². The first-order chi connectivity index (χ1) is 11.4. The maximum Gasteiger partial charge on any atom is 0.401 e. The average molecular weight is 363 g/mol. The van der Waals surface area contributed by atoms with Crippen molar-refractivity contribution in [1.82, 2.24) is 15.5 Å². The molecule has 24 heavy (non-hydrogen) atoms. The van der Waals surface area contributed by atoms with Crippen molar-refractivity contribution >= 4 is 17.6 Å². The molecule has 0 saturated carbocycles. The van der Waals surface area contributed by atoms with Crippen molar-refractivity contribution in [3.8, 4) is 0 Å². The summed E-state index contributed by atoms with van der Waals surface area (Å²) in [5.74, 6) is 0.614. The van der Waals surface area contributed by atoms with Crippen molar-refractivity contribution in [2.75, 3.05) is 33.2 Å². The van der Waals surface area contributed by atoms with E-state index >= 15 is 0 Å². The fourth-order valence-electron chi connectivity index (χ4n) is 2.71. The monoisotopic (exact) mass is 362 g/mol. The molecule has 0 amide bonds. The van der Waals surface area contributed by atoms with Gasteiger partial charge in [-0.3, -0.25) is 9.89 Å². The summed E-state index contributed by atoms with van der Waals surface area (Å²) in [4.78, 5) is 5.54. The highest BCUT2D eigenvalue weighted by Crippen LogP contribution is 2.19. The van der Waals surface area contributed by atoms with E-state index in [2.05, 4.69) is 15.6 Å². The predicted octanol–water partition coefficient (Wildman–Crippen LogP) is 2.68. The minimum absolute atomic E-state index is 0.0194. The van der Waals surface area contributed by atoms with Gasteiger partial charge in [0.05, 0.1) is 6.54 Å². The smallest absolute Gasteiger partial charge is 0.356 e. The van der Waals surface area contributed by atoms with E-state index in [1.165, 1.54) is 4.90 Å². The molecule has 2 N–H and O–H groups in total. The topological polar surface area (TPSA) is 39.7 Å². The van der Waals surface area contributed by atoms with E-state index in [4.69, 9.17) is 11.6 Å². The summed E-state index contributed by atoms with van der Waals surface area (Å²) in [6.45, 7) is 0.643. The molecule has 8 heteroatoms. The van der Waals surface area contributed by atoms with E-state index in [1.807, 2.05) is 24.3 Å². The molecule has 1 aliphatic heterocycles. The minimum atomic E-state index is -4.15. The number of rotatable bonds is 5. The van der Waals surface area contributed by atoms with Gasteiger partial charge >= 0.3 is 6.18 Å². The molecule has 1 atom stereocenters. The van der Waals surface area contributed by atoms with Gasteiger partial charge in [-0.25, -0.2) is 0 Å². The van der Waals surface area contributed by atoms with Crippen molar-refractivity contribution in [3.63, 3.8) is 0 Å². The van der Waals surface area contributed by atoms with Gasteiger partial charge in [-0.2, -0.15) is 13.2 Å². The number of nitrogens with zero attached hydrogens (tertiary/aromatic N) is 2. The first-order valence-electron chi connectivity index (χ1n) is 7.86. The van der Waals surface area contributed by atoms with Crippen LogP contribution in [0.5, 0.6) is 0 Å². The molecular formula is C16H22ClF3N4. The summed E-state index contributed by atoms with van der Waals surface area (Å²) < 4.78 is 37.2. The Morgan fingerprint density at radius 3 is 2.67 bits per heavy atom. The zero-order valence-electron chi connectivity index (χ0n) is 13.5. The van der Waals surface area contributed by atoms with Crippen LogP contribution in [-0.4, -0.2) is 56.3 Å². The summed E-state index contributed by atoms with van der Waals surface area (Å²) in [7, 11) is 1.65. The van der Waals surface area contributed by atoms with E-state index in [1.54, 1.807) is 7.05 Å². The van der Waals surface area contributed by atoms with E-state index in [0.717, 1.165) is 12.0 Å². The summed E-state index contributed by atoms with van der Waals surface area (Å²) in [5, 5.41) is 7.08. The summed E-state index contributed by atoms with van der Waals surface area (Å²) >= 11 is 5.85. The largest absolute Gasteiger partial charge is 0.401 e. The van der Waals surface area contributed by atoms with Crippen LogP contribution in [0.3, 0.4) is 0 Å². The number of benzene rings is 1. The van der Waals surface area contributed by atoms with Gasteiger partial charge in [0.2, 0.25) is 0 Å². The molecule has 4 nitrogen and oxygen atoms in total. The Balaban J connectivity index is 1.72. The van der Waals surface area contributed by atoms with Gasteiger partial charge in [-0.15, -0.1) is 0 Å². The quantitative estimate of drug-likeness (QED) is 0.625. The van der Waals surface area contributed by atoms with Crippen molar-refractivity contribution in [2.45, 2.75) is 25.1 Å². The predicted molar refractivity (Wildman–Crippen MR) is 90.6 cm³/mol. The third-order valence-electron chi connectivity index (χ3n) is 3.86. The van der Waals surface area contributed by atoms with Crippen molar-refractivity contribution in [3.05, 3.63) is 34.9 Å². The first-order valence-corrected chi connectivity index (χ1v) is 8.24. The Bertz CT molecular complexity index is 545. The SMILES string of the molecule is CN=C(NCCc1ccc(Cl)cc1)NC1CCN(CC(F)(F)F)C1. The van der Waals surface area contributed by atoms with Crippen LogP contribution in [0.1, 0.15) is 12.0 Å². The fraction of sp³-hybridized carbons (Fsp3) is 0.562. The Morgan fingerprint density at radius 1 is 1.33 bits per heavy atom. The van der Waals surface area contributed by atoms with E-state index in [9.17, 15) is 13.2 Å². The molecular weight excluding hydrogens is 341 g/mol. The second-order valence-electron chi connectivity index (χ2n) is 5.86. The molecule has 0 aromatic heterocycles. The summed E-state index contributed by atoms with van der Waals surface area (Å²) in [6, 6.07) is 7.60. The van der Waals surface area contributed by atoms with Gasteiger partial charge < -0.3 is 10.6 Å². The number of likely N-dealkylation sites (tertiary alicyclic amines) is 1. The molecule has 1 heterocycles. The van der Waals surface area contributed by atoms with Gasteiger partial charge in [0.15, 0.2) is 5.96 Å². The number of halogens is 4. The van der Waals surface area contributed by atoms with Gasteiger partial charge in [0, 0.05) is 37.7 Å². The van der Waals surface area contributed by atoms with Crippen molar-refractivity contribution in [1.29, 1.82) is 0 Å². The molecule has 0 radical (unpaired) electrons. The van der Waals surface area contributed by atoms with Crippen LogP contribution in [0.25, 0.3) is 0 Å². The van der Waals surface area contributed by atoms with Crippen LogP contribution < -0.4 is 10.6 Å². The number of nitrogens with one attached hydrogen (secondary N) is 2. The molecule has 1 aromatic carbocycles. The minimum Gasteiger partial charge on any atom is -0.356 e. The number of hydrogen-bond donors (Lipinski definition) is 2. The molecule has 0 bridgehead atoms. The second-order valence-corrected chi connectivity index (χ2v) is 6.29. The number of hydrogen-bond acceptors (Lipinski definition) is 2. The fourth-order valence-corrected chi connectivity index (χ4v) is 2.84. The van der Waals surface area contributed by atoms with E-state index < -0.39 is 12.7 Å². The van der Waals surface area contributed by atoms with Crippen molar-refractivity contribution in [2.24, 2.45) is 4.99 Å². The third kappa shape index (κ3) is 6.57. The highest BCUT2D eigenvalue weighted by molar-refractivity contribution is 6.30. The maximum absolute atomic E-state index is 12.4. The lowest BCUT2D eigenvalue weighted by atomic mass is 10.1. The average Bonchev–Trinajstić information content (AvgIpc) is 2.93. The first kappa shape index (κ1) is 18.9. The van der Waals surface area contributed by atoms with Crippen molar-refractivity contribution < 1.29 is 13.2 Å². The lowest BCUT2D eigenvalue weighted by Gasteiger charge is -2.19. The second kappa shape index (κ2) is 8.58. The zero-order valence-corrected chi connectivity index (χ0v) is 14.3. The van der Waals surface area contributed by atoms with E-state index in [-0.39, 0.29) is 6.04 Å². The highest BCUT2D eigenvalue weighted by atomic mass is 35.5. The molecule has 1 aliphatic rings. The molecule has 1 saturated heterocycles. The van der Waals surface area contributed by atoms with Crippen LogP contribution >= 0.6 is 11.6 Å². The lowest BCUT2D eigenvalue weighted by molar-refractivity contribution is -0.143. The molecule has 0 spiro atoms. The Kier molecular flexibility index (Phi) is 6.74. The van der Waals surface area contributed by atoms with Crippen LogP contribution in [0.2, 0.25) is 5.02 Å². The Labute approximate surface area is 145 Å². The van der Waals surface area contributed by atoms with Crippen LogP contribution in [-0.2, 0) is 6.42 Å².